The predicted molar refractivity (Wildman–Crippen MR) is 197 cm³/mol. The number of nitrogens with zero attached hydrogens (tertiary/aromatic N) is 3. The van der Waals surface area contributed by atoms with Crippen molar-refractivity contribution >= 4 is 52.6 Å². The fourth-order valence-electron chi connectivity index (χ4n) is 6.53. The summed E-state index contributed by atoms with van der Waals surface area (Å²) in [6, 6.07) is 13.0. The highest BCUT2D eigenvalue weighted by molar-refractivity contribution is 6.18. The molecule has 51 heavy (non-hydrogen) atoms. The van der Waals surface area contributed by atoms with Crippen molar-refractivity contribution in [3.63, 3.8) is 0 Å². The second kappa shape index (κ2) is 19.5. The van der Waals surface area contributed by atoms with Crippen molar-refractivity contribution in [3.05, 3.63) is 54.1 Å². The van der Waals surface area contributed by atoms with Crippen molar-refractivity contribution in [3.8, 4) is 0 Å². The van der Waals surface area contributed by atoms with Crippen LogP contribution in [0.5, 0.6) is 0 Å². The normalized spacial score (nSPS) is 15.7. The molecule has 1 fully saturated rings. The summed E-state index contributed by atoms with van der Waals surface area (Å²) in [5.41, 5.74) is 18.8. The molecule has 2 aliphatic rings. The van der Waals surface area contributed by atoms with Crippen molar-refractivity contribution in [2.75, 3.05) is 49.5 Å². The van der Waals surface area contributed by atoms with E-state index in [1.807, 2.05) is 30.3 Å². The number of carbonyl (C=O) groups is 5. The number of nitrogens with one attached hydrogen (secondary N) is 4. The maximum Gasteiger partial charge on any atom is 0.257 e. The number of hydrogen-bond acceptors (Lipinski definition) is 9. The Morgan fingerprint density at radius 3 is 2.31 bits per heavy atom. The number of nitrogens with two attached hydrogens (primary N) is 3. The van der Waals surface area contributed by atoms with E-state index in [0.29, 0.717) is 54.5 Å². The molecule has 0 aromatic heterocycles. The first-order chi connectivity index (χ1) is 24.6. The Labute approximate surface area is 299 Å². The van der Waals surface area contributed by atoms with Gasteiger partial charge in [-0.25, -0.2) is 0 Å². The maximum absolute atomic E-state index is 13.8. The number of hydrogen-bond donors (Lipinski definition) is 7. The molecule has 0 bridgehead atoms. The number of carbonyl (C=O) groups excluding carboxylic acids is 5. The molecule has 0 spiro atoms. The number of imide groups is 1. The van der Waals surface area contributed by atoms with E-state index < -0.39 is 23.9 Å². The van der Waals surface area contributed by atoms with E-state index in [-0.39, 0.29) is 43.2 Å². The van der Waals surface area contributed by atoms with Crippen LogP contribution in [0, 0.1) is 5.92 Å². The van der Waals surface area contributed by atoms with Gasteiger partial charge >= 0.3 is 0 Å². The quantitative estimate of drug-likeness (QED) is 0.0709. The number of para-hydroxylation sites is 3. The lowest BCUT2D eigenvalue weighted by Gasteiger charge is -2.33. The molecule has 2 heterocycles. The van der Waals surface area contributed by atoms with Crippen molar-refractivity contribution in [2.24, 2.45) is 28.1 Å². The summed E-state index contributed by atoms with van der Waals surface area (Å²) in [5.74, 6) is -1.35. The van der Waals surface area contributed by atoms with Gasteiger partial charge in [-0.1, -0.05) is 37.1 Å². The number of amides is 5. The summed E-state index contributed by atoms with van der Waals surface area (Å²) >= 11 is 0. The summed E-state index contributed by atoms with van der Waals surface area (Å²) in [7, 11) is 0. The molecule has 4 rings (SSSR count). The van der Waals surface area contributed by atoms with Crippen molar-refractivity contribution in [2.45, 2.75) is 70.4 Å². The summed E-state index contributed by atoms with van der Waals surface area (Å²) in [5, 5.41) is 11.2. The second-order valence-electron chi connectivity index (χ2n) is 13.1. The van der Waals surface area contributed by atoms with Crippen LogP contribution in [0.3, 0.4) is 0 Å². The Morgan fingerprint density at radius 1 is 0.922 bits per heavy atom. The van der Waals surface area contributed by atoms with E-state index >= 15 is 0 Å². The fraction of sp³-hybridized carbons (Fsp3) is 0.500. The van der Waals surface area contributed by atoms with E-state index in [0.717, 1.165) is 45.2 Å². The number of aliphatic imine (C=N–C) groups is 1. The molecule has 276 valence electrons. The zero-order valence-electron chi connectivity index (χ0n) is 29.4. The van der Waals surface area contributed by atoms with Gasteiger partial charge in [-0.15, -0.1) is 0 Å². The third-order valence-electron chi connectivity index (χ3n) is 9.19. The van der Waals surface area contributed by atoms with Crippen LogP contribution in [0.4, 0.5) is 17.1 Å². The highest BCUT2D eigenvalue weighted by atomic mass is 16.2. The molecule has 15 heteroatoms. The minimum atomic E-state index is -0.858. The molecule has 2 aliphatic heterocycles. The predicted octanol–water partition coefficient (Wildman–Crippen LogP) is 1.31. The van der Waals surface area contributed by atoms with E-state index in [1.54, 1.807) is 23.1 Å². The van der Waals surface area contributed by atoms with Gasteiger partial charge in [0.1, 0.15) is 6.04 Å². The Balaban J connectivity index is 1.23. The van der Waals surface area contributed by atoms with Gasteiger partial charge in [-0.05, 0) is 94.9 Å². The molecule has 5 amide bonds. The SMILES string of the molecule is CC(=O)N[C@H](CCCN)C(=O)NC(=O)[C@H](CCN=C(N)N)NCCCCC1CCN(CC(=O)N2c3ccccc3NC(=O)c3ccccc32)CC1. The topological polar surface area (TPSA) is 230 Å². The summed E-state index contributed by atoms with van der Waals surface area (Å²) in [6.07, 6.45) is 5.85. The smallest absolute Gasteiger partial charge is 0.257 e. The number of fused-ring (bicyclic) bond motifs is 2. The average molecular weight is 705 g/mol. The van der Waals surface area contributed by atoms with Crippen molar-refractivity contribution < 1.29 is 24.0 Å². The monoisotopic (exact) mass is 704 g/mol. The number of rotatable bonds is 17. The molecular formula is C36H52N10O5. The number of benzene rings is 2. The third-order valence-corrected chi connectivity index (χ3v) is 9.19. The standard InChI is InChI=1S/C36H52N10O5/c1-24(47)42-29(12-8-18-37)35(51)44-34(50)28(15-20-41-36(38)39)40-19-7-6-9-25-16-21-45(22-17-25)23-32(48)46-30-13-4-2-10-26(30)33(49)43-27-11-3-5-14-31(27)46/h2-5,10-11,13-14,25,28-29,40H,6-9,12,15-23,37H2,1H3,(H,42,47)(H,43,49)(H4,38,39,41)(H,44,50,51)/t28-,29+/m0/s1. The molecular weight excluding hydrogens is 652 g/mol. The van der Waals surface area contributed by atoms with Gasteiger partial charge in [0.2, 0.25) is 23.6 Å². The molecule has 0 unspecified atom stereocenters. The molecule has 2 atom stereocenters. The largest absolute Gasteiger partial charge is 0.370 e. The van der Waals surface area contributed by atoms with Crippen LogP contribution >= 0.6 is 0 Å². The highest BCUT2D eigenvalue weighted by Crippen LogP contribution is 2.38. The minimum absolute atomic E-state index is 0.0837. The minimum Gasteiger partial charge on any atom is -0.370 e. The van der Waals surface area contributed by atoms with Crippen LogP contribution in [-0.2, 0) is 19.2 Å². The van der Waals surface area contributed by atoms with Gasteiger partial charge in [0.25, 0.3) is 5.91 Å². The Morgan fingerprint density at radius 2 is 1.61 bits per heavy atom. The van der Waals surface area contributed by atoms with Gasteiger partial charge < -0.3 is 33.2 Å². The van der Waals surface area contributed by atoms with Crippen LogP contribution in [0.25, 0.3) is 0 Å². The molecule has 1 saturated heterocycles. The first-order valence-electron chi connectivity index (χ1n) is 17.7. The Hall–Kier alpha value is -4.86. The van der Waals surface area contributed by atoms with Gasteiger partial charge in [0.15, 0.2) is 5.96 Å². The van der Waals surface area contributed by atoms with E-state index in [2.05, 4.69) is 31.2 Å². The lowest BCUT2D eigenvalue weighted by molar-refractivity contribution is -0.135. The summed E-state index contributed by atoms with van der Waals surface area (Å²) in [4.78, 5) is 72.0. The average Bonchev–Trinajstić information content (AvgIpc) is 3.23. The van der Waals surface area contributed by atoms with Gasteiger partial charge in [0, 0.05) is 13.5 Å². The van der Waals surface area contributed by atoms with Crippen LogP contribution in [0.1, 0.15) is 68.6 Å². The second-order valence-corrected chi connectivity index (χ2v) is 13.1. The lowest BCUT2D eigenvalue weighted by atomic mass is 9.91. The fourth-order valence-corrected chi connectivity index (χ4v) is 6.53. The summed E-state index contributed by atoms with van der Waals surface area (Å²) in [6.45, 7) is 4.27. The Kier molecular flexibility index (Phi) is 14.9. The number of piperidine rings is 1. The van der Waals surface area contributed by atoms with Crippen LogP contribution in [0.2, 0.25) is 0 Å². The zero-order chi connectivity index (χ0) is 36.8. The number of guanidine groups is 1. The molecule has 0 radical (unpaired) electrons. The molecule has 0 saturated carbocycles. The number of anilines is 3. The number of likely N-dealkylation sites (tertiary alicyclic amines) is 1. The van der Waals surface area contributed by atoms with Crippen LogP contribution < -0.4 is 43.4 Å². The third kappa shape index (κ3) is 11.6. The van der Waals surface area contributed by atoms with Gasteiger partial charge in [0.05, 0.1) is 35.2 Å². The van der Waals surface area contributed by atoms with Crippen LogP contribution in [-0.4, -0.2) is 91.7 Å². The highest BCUT2D eigenvalue weighted by Gasteiger charge is 2.31. The molecule has 10 N–H and O–H groups in total. The van der Waals surface area contributed by atoms with Crippen molar-refractivity contribution in [1.82, 2.24) is 20.9 Å². The van der Waals surface area contributed by atoms with Crippen molar-refractivity contribution in [1.29, 1.82) is 0 Å². The number of unbranched alkanes of at least 4 members (excludes halogenated alkanes) is 1. The molecule has 2 aromatic carbocycles. The molecule has 15 nitrogen and oxygen atoms in total. The zero-order valence-corrected chi connectivity index (χ0v) is 29.4. The lowest BCUT2D eigenvalue weighted by Crippen LogP contribution is -2.53. The van der Waals surface area contributed by atoms with Crippen LogP contribution in [0.15, 0.2) is 53.5 Å². The first kappa shape index (κ1) is 38.9. The van der Waals surface area contributed by atoms with E-state index in [1.165, 1.54) is 6.92 Å². The van der Waals surface area contributed by atoms with Gasteiger partial charge in [-0.3, -0.25) is 44.1 Å². The van der Waals surface area contributed by atoms with E-state index in [4.69, 9.17) is 17.2 Å². The maximum atomic E-state index is 13.8. The molecule has 2 aromatic rings. The first-order valence-corrected chi connectivity index (χ1v) is 17.7. The molecule has 0 aliphatic carbocycles. The summed E-state index contributed by atoms with van der Waals surface area (Å²) < 4.78 is 0. The Bertz CT molecular complexity index is 1550. The van der Waals surface area contributed by atoms with E-state index in [9.17, 15) is 24.0 Å². The van der Waals surface area contributed by atoms with Gasteiger partial charge in [-0.2, -0.15) is 0 Å².